The van der Waals surface area contributed by atoms with Gasteiger partial charge in [0, 0.05) is 49.9 Å². The van der Waals surface area contributed by atoms with Crippen LogP contribution < -0.4 is 15.5 Å². The normalized spacial score (nSPS) is 18.5. The minimum Gasteiger partial charge on any atom is -0.377 e. The van der Waals surface area contributed by atoms with Gasteiger partial charge in [-0.3, -0.25) is 0 Å². The molecule has 1 saturated carbocycles. The first kappa shape index (κ1) is 23.6. The lowest BCUT2D eigenvalue weighted by molar-refractivity contribution is 0.352. The Labute approximate surface area is 199 Å². The molecule has 33 heavy (non-hydrogen) atoms. The van der Waals surface area contributed by atoms with Crippen molar-refractivity contribution in [1.82, 2.24) is 10.3 Å². The summed E-state index contributed by atoms with van der Waals surface area (Å²) in [6.07, 6.45) is 4.75. The number of rotatable bonds is 6. The quantitative estimate of drug-likeness (QED) is 0.464. The number of nitrogens with zero attached hydrogens (tertiary/aromatic N) is 2. The Kier molecular flexibility index (Phi) is 6.94. The molecule has 0 aliphatic heterocycles. The van der Waals surface area contributed by atoms with Crippen LogP contribution in [0.25, 0.3) is 10.9 Å². The summed E-state index contributed by atoms with van der Waals surface area (Å²) in [5, 5.41) is 8.81. The maximum absolute atomic E-state index is 4.90. The number of benzene rings is 2. The summed E-state index contributed by atoms with van der Waals surface area (Å²) in [6.45, 7) is 12.3. The van der Waals surface area contributed by atoms with Crippen molar-refractivity contribution < 1.29 is 0 Å². The number of nitrogens with one attached hydrogen (secondary N) is 2. The van der Waals surface area contributed by atoms with Crippen LogP contribution in [0, 0.1) is 34.6 Å². The predicted octanol–water partition coefficient (Wildman–Crippen LogP) is 6.36. The van der Waals surface area contributed by atoms with E-state index in [1.165, 1.54) is 70.1 Å². The Hall–Kier alpha value is -2.59. The van der Waals surface area contributed by atoms with E-state index in [1.807, 2.05) is 0 Å². The van der Waals surface area contributed by atoms with Crippen molar-refractivity contribution in [1.29, 1.82) is 0 Å². The van der Waals surface area contributed by atoms with Gasteiger partial charge in [0.1, 0.15) is 5.82 Å². The molecule has 1 heterocycles. The molecule has 1 aliphatic carbocycles. The molecule has 0 radical (unpaired) electrons. The van der Waals surface area contributed by atoms with Gasteiger partial charge in [0.05, 0.1) is 5.52 Å². The predicted molar refractivity (Wildman–Crippen MR) is 143 cm³/mol. The van der Waals surface area contributed by atoms with E-state index in [9.17, 15) is 0 Å². The summed E-state index contributed by atoms with van der Waals surface area (Å²) in [5.74, 6) is 0.991. The summed E-state index contributed by atoms with van der Waals surface area (Å²) in [6, 6.07) is 11.7. The first-order chi connectivity index (χ1) is 15.8. The van der Waals surface area contributed by atoms with Gasteiger partial charge >= 0.3 is 0 Å². The number of aromatic nitrogens is 1. The molecule has 1 aliphatic rings. The van der Waals surface area contributed by atoms with Crippen molar-refractivity contribution in [2.24, 2.45) is 0 Å². The van der Waals surface area contributed by atoms with Crippen molar-refractivity contribution in [3.63, 3.8) is 0 Å². The van der Waals surface area contributed by atoms with E-state index < -0.39 is 0 Å². The summed E-state index contributed by atoms with van der Waals surface area (Å²) in [5.41, 5.74) is 11.0. The lowest BCUT2D eigenvalue weighted by Crippen LogP contribution is -2.37. The van der Waals surface area contributed by atoms with Crippen LogP contribution in [-0.4, -0.2) is 31.2 Å². The summed E-state index contributed by atoms with van der Waals surface area (Å²) < 4.78 is 0. The average molecular weight is 445 g/mol. The fourth-order valence-corrected chi connectivity index (χ4v) is 5.34. The molecule has 0 saturated heterocycles. The summed E-state index contributed by atoms with van der Waals surface area (Å²) >= 11 is 0. The molecule has 0 unspecified atom stereocenters. The maximum atomic E-state index is 4.90. The highest BCUT2D eigenvalue weighted by Gasteiger charge is 2.22. The first-order valence-corrected chi connectivity index (χ1v) is 12.4. The zero-order chi connectivity index (χ0) is 23.7. The van der Waals surface area contributed by atoms with E-state index in [-0.39, 0.29) is 0 Å². The van der Waals surface area contributed by atoms with E-state index >= 15 is 0 Å². The lowest BCUT2D eigenvalue weighted by Gasteiger charge is -2.31. The molecule has 4 heteroatoms. The van der Waals surface area contributed by atoms with Gasteiger partial charge in [0.2, 0.25) is 0 Å². The second-order valence-electron chi connectivity index (χ2n) is 10.1. The Morgan fingerprint density at radius 1 is 0.818 bits per heavy atom. The van der Waals surface area contributed by atoms with Crippen molar-refractivity contribution in [2.45, 2.75) is 78.9 Å². The molecule has 4 nitrogen and oxygen atoms in total. The third-order valence-electron chi connectivity index (χ3n) is 7.98. The smallest absolute Gasteiger partial charge is 0.128 e. The minimum atomic E-state index is 0.485. The van der Waals surface area contributed by atoms with E-state index in [0.717, 1.165) is 17.9 Å². The highest BCUT2D eigenvalue weighted by molar-refractivity contribution is 5.93. The molecule has 1 fully saturated rings. The van der Waals surface area contributed by atoms with Gasteiger partial charge in [-0.15, -0.1) is 0 Å². The SMILES string of the molecule is Cc1c(C)c(C)c(CNC2CCC(Nc3cc(N(C)C)c4ccccc4n3)CC2)c(C)c1C. The van der Waals surface area contributed by atoms with Gasteiger partial charge in [0.15, 0.2) is 0 Å². The highest BCUT2D eigenvalue weighted by atomic mass is 15.1. The lowest BCUT2D eigenvalue weighted by atomic mass is 9.88. The molecule has 0 atom stereocenters. The number of hydrogen-bond donors (Lipinski definition) is 2. The van der Waals surface area contributed by atoms with E-state index in [0.29, 0.717) is 12.1 Å². The standard InChI is InChI=1S/C29H40N4/c1-18-19(2)21(4)26(22(5)20(18)3)17-30-23-12-14-24(15-13-23)31-29-16-28(33(6)7)25-10-8-9-11-27(25)32-29/h8-11,16,23-24,30H,12-15,17H2,1-7H3,(H,31,32). The number of hydrogen-bond acceptors (Lipinski definition) is 4. The van der Waals surface area contributed by atoms with Gasteiger partial charge in [-0.2, -0.15) is 0 Å². The topological polar surface area (TPSA) is 40.2 Å². The third kappa shape index (κ3) is 4.86. The Bertz CT molecular complexity index is 1110. The minimum absolute atomic E-state index is 0.485. The van der Waals surface area contributed by atoms with Crippen LogP contribution in [-0.2, 0) is 6.54 Å². The first-order valence-electron chi connectivity index (χ1n) is 12.4. The molecule has 2 aromatic carbocycles. The van der Waals surface area contributed by atoms with Crippen LogP contribution in [0.4, 0.5) is 11.5 Å². The molecular formula is C29H40N4. The van der Waals surface area contributed by atoms with Gasteiger partial charge < -0.3 is 15.5 Å². The zero-order valence-corrected chi connectivity index (χ0v) is 21.5. The van der Waals surface area contributed by atoms with Gasteiger partial charge in [-0.25, -0.2) is 4.98 Å². The fourth-order valence-electron chi connectivity index (χ4n) is 5.34. The molecule has 4 rings (SSSR count). The van der Waals surface area contributed by atoms with Gasteiger partial charge in [0.25, 0.3) is 0 Å². The molecule has 2 N–H and O–H groups in total. The third-order valence-corrected chi connectivity index (χ3v) is 7.98. The summed E-state index contributed by atoms with van der Waals surface area (Å²) in [7, 11) is 4.20. The van der Waals surface area contributed by atoms with E-state index in [2.05, 4.69) is 94.6 Å². The van der Waals surface area contributed by atoms with Crippen molar-refractivity contribution in [3.8, 4) is 0 Å². The van der Waals surface area contributed by atoms with Crippen LogP contribution in [0.5, 0.6) is 0 Å². The molecular weight excluding hydrogens is 404 g/mol. The fraction of sp³-hybridized carbons (Fsp3) is 0.483. The Morgan fingerprint density at radius 3 is 2.03 bits per heavy atom. The van der Waals surface area contributed by atoms with E-state index in [1.54, 1.807) is 0 Å². The number of fused-ring (bicyclic) bond motifs is 1. The Balaban J connectivity index is 1.38. The monoisotopic (exact) mass is 444 g/mol. The molecule has 0 spiro atoms. The molecule has 0 amide bonds. The second kappa shape index (κ2) is 9.72. The average Bonchev–Trinajstić information content (AvgIpc) is 2.82. The molecule has 3 aromatic rings. The van der Waals surface area contributed by atoms with Crippen LogP contribution in [0.1, 0.15) is 59.1 Å². The second-order valence-corrected chi connectivity index (χ2v) is 10.1. The molecule has 176 valence electrons. The van der Waals surface area contributed by atoms with Gasteiger partial charge in [-0.1, -0.05) is 18.2 Å². The number of anilines is 2. The molecule has 0 bridgehead atoms. The van der Waals surface area contributed by atoms with E-state index in [4.69, 9.17) is 4.98 Å². The van der Waals surface area contributed by atoms with Crippen LogP contribution in [0.3, 0.4) is 0 Å². The Morgan fingerprint density at radius 2 is 1.39 bits per heavy atom. The zero-order valence-electron chi connectivity index (χ0n) is 21.5. The number of pyridine rings is 1. The molecule has 1 aromatic heterocycles. The maximum Gasteiger partial charge on any atom is 0.128 e. The van der Waals surface area contributed by atoms with Crippen LogP contribution in [0.15, 0.2) is 30.3 Å². The van der Waals surface area contributed by atoms with Gasteiger partial charge in [-0.05, 0) is 99.7 Å². The van der Waals surface area contributed by atoms with Crippen molar-refractivity contribution in [2.75, 3.05) is 24.3 Å². The number of para-hydroxylation sites is 1. The largest absolute Gasteiger partial charge is 0.377 e. The highest BCUT2D eigenvalue weighted by Crippen LogP contribution is 2.30. The van der Waals surface area contributed by atoms with Crippen molar-refractivity contribution >= 4 is 22.4 Å². The van der Waals surface area contributed by atoms with Crippen LogP contribution in [0.2, 0.25) is 0 Å². The van der Waals surface area contributed by atoms with Crippen molar-refractivity contribution in [3.05, 3.63) is 63.7 Å². The summed E-state index contributed by atoms with van der Waals surface area (Å²) in [4.78, 5) is 7.07. The van der Waals surface area contributed by atoms with Crippen LogP contribution >= 0.6 is 0 Å².